The van der Waals surface area contributed by atoms with Crippen molar-refractivity contribution in [3.05, 3.63) is 57.7 Å². The lowest BCUT2D eigenvalue weighted by Gasteiger charge is -2.33. The molecule has 0 fully saturated rings. The minimum Gasteiger partial charge on any atom is -0.466 e. The van der Waals surface area contributed by atoms with Crippen molar-refractivity contribution in [1.29, 1.82) is 0 Å². The molecule has 0 amide bonds. The van der Waals surface area contributed by atoms with Gasteiger partial charge >= 0.3 is 5.97 Å². The van der Waals surface area contributed by atoms with Gasteiger partial charge in [0.05, 0.1) is 24.4 Å². The van der Waals surface area contributed by atoms with Crippen LogP contribution in [0.4, 0.5) is 0 Å². The fraction of sp³-hybridized carbons (Fsp3) is 0.200. The lowest BCUT2D eigenvalue weighted by Crippen LogP contribution is -2.34. The molecule has 21 heavy (non-hydrogen) atoms. The molecule has 2 aliphatic heterocycles. The zero-order valence-corrected chi connectivity index (χ0v) is 13.1. The van der Waals surface area contributed by atoms with E-state index in [2.05, 4.69) is 4.99 Å². The standard InChI is InChI=1S/C15H13ClN2O2S/c1-9-12(14(19)20-2)13(10-5-3-4-6-11(10)16)18-7-8-21-15(18)17-9/h3-8,13H,1-2H3/t13-/m0/s1. The third-order valence-corrected chi connectivity index (χ3v) is 4.54. The van der Waals surface area contributed by atoms with Crippen molar-refractivity contribution in [2.24, 2.45) is 4.99 Å². The average molecular weight is 321 g/mol. The van der Waals surface area contributed by atoms with E-state index in [1.807, 2.05) is 47.7 Å². The monoisotopic (exact) mass is 320 g/mol. The first kappa shape index (κ1) is 14.2. The third kappa shape index (κ3) is 2.36. The molecule has 6 heteroatoms. The smallest absolute Gasteiger partial charge is 0.338 e. The first-order chi connectivity index (χ1) is 10.1. The number of rotatable bonds is 2. The second-order valence-corrected chi connectivity index (χ2v) is 5.90. The third-order valence-electron chi connectivity index (χ3n) is 3.43. The van der Waals surface area contributed by atoms with E-state index >= 15 is 0 Å². The Kier molecular flexibility index (Phi) is 3.78. The van der Waals surface area contributed by atoms with Gasteiger partial charge in [0, 0.05) is 11.2 Å². The molecule has 3 rings (SSSR count). The van der Waals surface area contributed by atoms with Crippen molar-refractivity contribution in [3.8, 4) is 0 Å². The van der Waals surface area contributed by atoms with Gasteiger partial charge in [-0.1, -0.05) is 41.6 Å². The number of carbonyl (C=O) groups is 1. The van der Waals surface area contributed by atoms with E-state index in [9.17, 15) is 4.79 Å². The second kappa shape index (κ2) is 5.58. The number of methoxy groups -OCH3 is 1. The summed E-state index contributed by atoms with van der Waals surface area (Å²) in [6, 6.07) is 7.20. The fourth-order valence-electron chi connectivity index (χ4n) is 2.47. The largest absolute Gasteiger partial charge is 0.466 e. The molecule has 0 radical (unpaired) electrons. The Bertz CT molecular complexity index is 697. The predicted octanol–water partition coefficient (Wildman–Crippen LogP) is 3.72. The highest BCUT2D eigenvalue weighted by atomic mass is 35.5. The molecule has 0 spiro atoms. The van der Waals surface area contributed by atoms with Crippen molar-refractivity contribution in [1.82, 2.24) is 4.90 Å². The number of esters is 1. The number of benzene rings is 1. The van der Waals surface area contributed by atoms with Crippen molar-refractivity contribution < 1.29 is 9.53 Å². The number of aliphatic imine (C=N–C) groups is 1. The van der Waals surface area contributed by atoms with Gasteiger partial charge in [0.2, 0.25) is 0 Å². The summed E-state index contributed by atoms with van der Waals surface area (Å²) in [6.45, 7) is 1.82. The van der Waals surface area contributed by atoms with Gasteiger partial charge in [-0.25, -0.2) is 9.79 Å². The van der Waals surface area contributed by atoms with Crippen LogP contribution in [0.1, 0.15) is 18.5 Å². The molecule has 0 saturated carbocycles. The zero-order chi connectivity index (χ0) is 15.0. The minimum absolute atomic E-state index is 0.315. The van der Waals surface area contributed by atoms with Gasteiger partial charge in [-0.05, 0) is 24.0 Å². The van der Waals surface area contributed by atoms with E-state index in [0.717, 1.165) is 10.7 Å². The van der Waals surface area contributed by atoms with Crippen LogP contribution in [-0.4, -0.2) is 23.1 Å². The summed E-state index contributed by atoms with van der Waals surface area (Å²) in [6.07, 6.45) is 1.91. The van der Waals surface area contributed by atoms with Crippen LogP contribution in [0.2, 0.25) is 5.02 Å². The maximum Gasteiger partial charge on any atom is 0.338 e. The van der Waals surface area contributed by atoms with Crippen LogP contribution in [0.5, 0.6) is 0 Å². The molecular weight excluding hydrogens is 308 g/mol. The van der Waals surface area contributed by atoms with Crippen LogP contribution in [-0.2, 0) is 9.53 Å². The molecule has 2 heterocycles. The highest BCUT2D eigenvalue weighted by Gasteiger charge is 2.37. The first-order valence-electron chi connectivity index (χ1n) is 6.37. The summed E-state index contributed by atoms with van der Waals surface area (Å²) in [5.41, 5.74) is 2.04. The van der Waals surface area contributed by atoms with E-state index in [1.54, 1.807) is 0 Å². The second-order valence-electron chi connectivity index (χ2n) is 4.62. The highest BCUT2D eigenvalue weighted by molar-refractivity contribution is 8.16. The molecule has 0 saturated heterocycles. The SMILES string of the molecule is COC(=O)C1=C(C)N=C2SC=CN2[C@H]1c1ccccc1Cl. The van der Waals surface area contributed by atoms with Crippen LogP contribution in [0.15, 0.2) is 52.1 Å². The summed E-state index contributed by atoms with van der Waals surface area (Å²) in [7, 11) is 1.38. The van der Waals surface area contributed by atoms with E-state index in [4.69, 9.17) is 16.3 Å². The molecule has 2 aliphatic rings. The van der Waals surface area contributed by atoms with Crippen molar-refractivity contribution in [2.45, 2.75) is 13.0 Å². The van der Waals surface area contributed by atoms with Crippen molar-refractivity contribution >= 4 is 34.5 Å². The topological polar surface area (TPSA) is 41.9 Å². The van der Waals surface area contributed by atoms with Crippen molar-refractivity contribution in [3.63, 3.8) is 0 Å². The number of ether oxygens (including phenoxy) is 1. The van der Waals surface area contributed by atoms with Crippen LogP contribution < -0.4 is 0 Å². The Morgan fingerprint density at radius 2 is 2.19 bits per heavy atom. The number of allylic oxidation sites excluding steroid dienone is 1. The van der Waals surface area contributed by atoms with Crippen molar-refractivity contribution in [2.75, 3.05) is 7.11 Å². The number of halogens is 1. The van der Waals surface area contributed by atoms with E-state index < -0.39 is 0 Å². The van der Waals surface area contributed by atoms with E-state index in [-0.39, 0.29) is 12.0 Å². The Morgan fingerprint density at radius 3 is 2.90 bits per heavy atom. The average Bonchev–Trinajstić information content (AvgIpc) is 2.93. The van der Waals surface area contributed by atoms with Gasteiger partial charge in [0.1, 0.15) is 0 Å². The number of thioether (sulfide) groups is 1. The van der Waals surface area contributed by atoms with Gasteiger partial charge in [-0.2, -0.15) is 0 Å². The van der Waals surface area contributed by atoms with Gasteiger partial charge in [-0.15, -0.1) is 0 Å². The maximum absolute atomic E-state index is 12.2. The van der Waals surface area contributed by atoms with Crippen LogP contribution in [0.3, 0.4) is 0 Å². The fourth-order valence-corrected chi connectivity index (χ4v) is 3.50. The normalized spacial score (nSPS) is 20.4. The summed E-state index contributed by atoms with van der Waals surface area (Å²) in [5.74, 6) is -0.384. The molecule has 4 nitrogen and oxygen atoms in total. The Labute approximate surface area is 132 Å². The Hall–Kier alpha value is -1.72. The molecule has 108 valence electrons. The van der Waals surface area contributed by atoms with E-state index in [1.165, 1.54) is 18.9 Å². The summed E-state index contributed by atoms with van der Waals surface area (Å²) < 4.78 is 4.93. The summed E-state index contributed by atoms with van der Waals surface area (Å²) in [4.78, 5) is 18.6. The molecule has 1 atom stereocenters. The van der Waals surface area contributed by atoms with Crippen LogP contribution in [0, 0.1) is 0 Å². The van der Waals surface area contributed by atoms with Gasteiger partial charge in [0.15, 0.2) is 5.17 Å². The predicted molar refractivity (Wildman–Crippen MR) is 84.9 cm³/mol. The number of amidine groups is 1. The minimum atomic E-state index is -0.384. The zero-order valence-electron chi connectivity index (χ0n) is 11.5. The molecule has 0 N–H and O–H groups in total. The first-order valence-corrected chi connectivity index (χ1v) is 7.63. The maximum atomic E-state index is 12.2. The number of hydrogen-bond acceptors (Lipinski definition) is 5. The highest BCUT2D eigenvalue weighted by Crippen LogP contribution is 2.42. The summed E-state index contributed by atoms with van der Waals surface area (Å²) in [5, 5.41) is 3.39. The lowest BCUT2D eigenvalue weighted by atomic mass is 9.95. The molecule has 0 bridgehead atoms. The molecular formula is C15H13ClN2O2S. The molecule has 1 aromatic rings. The quantitative estimate of drug-likeness (QED) is 0.779. The Balaban J connectivity index is 2.18. The number of carbonyl (C=O) groups excluding carboxylic acids is 1. The molecule has 0 aliphatic carbocycles. The van der Waals surface area contributed by atoms with Gasteiger partial charge in [0.25, 0.3) is 0 Å². The van der Waals surface area contributed by atoms with Gasteiger partial charge in [-0.3, -0.25) is 0 Å². The van der Waals surface area contributed by atoms with E-state index in [0.29, 0.717) is 16.3 Å². The summed E-state index contributed by atoms with van der Waals surface area (Å²) >= 11 is 7.86. The van der Waals surface area contributed by atoms with Gasteiger partial charge < -0.3 is 9.64 Å². The molecule has 0 unspecified atom stereocenters. The molecule has 0 aromatic heterocycles. The lowest BCUT2D eigenvalue weighted by molar-refractivity contribution is -0.136. The number of fused-ring (bicyclic) bond motifs is 1. The van der Waals surface area contributed by atoms with Crippen LogP contribution in [0.25, 0.3) is 0 Å². The number of hydrogen-bond donors (Lipinski definition) is 0. The number of nitrogens with zero attached hydrogens (tertiary/aromatic N) is 2. The van der Waals surface area contributed by atoms with Crippen LogP contribution >= 0.6 is 23.4 Å². The molecule has 1 aromatic carbocycles. The Morgan fingerprint density at radius 1 is 1.43 bits per heavy atom.